The number of benzene rings is 1. The highest BCUT2D eigenvalue weighted by atomic mass is 15.3. The van der Waals surface area contributed by atoms with Crippen molar-refractivity contribution in [3.63, 3.8) is 0 Å². The van der Waals surface area contributed by atoms with E-state index >= 15 is 0 Å². The molecule has 0 bridgehead atoms. The number of hydrogen-bond donors (Lipinski definition) is 1. The van der Waals surface area contributed by atoms with Gasteiger partial charge in [-0.25, -0.2) is 0 Å². The molecule has 0 amide bonds. The van der Waals surface area contributed by atoms with E-state index in [1.54, 1.807) is 0 Å². The molecule has 0 saturated heterocycles. The van der Waals surface area contributed by atoms with Gasteiger partial charge >= 0.3 is 0 Å². The predicted molar refractivity (Wildman–Crippen MR) is 83.8 cm³/mol. The quantitative estimate of drug-likeness (QED) is 0.832. The van der Waals surface area contributed by atoms with Crippen molar-refractivity contribution in [2.75, 3.05) is 6.54 Å². The topological polar surface area (TPSA) is 29.9 Å². The molecule has 2 rings (SSSR count). The van der Waals surface area contributed by atoms with E-state index in [4.69, 9.17) is 0 Å². The van der Waals surface area contributed by atoms with Crippen molar-refractivity contribution in [3.05, 3.63) is 53.3 Å². The number of aromatic nitrogens is 2. The van der Waals surface area contributed by atoms with E-state index in [0.717, 1.165) is 25.9 Å². The van der Waals surface area contributed by atoms with Crippen molar-refractivity contribution < 1.29 is 0 Å². The summed E-state index contributed by atoms with van der Waals surface area (Å²) in [6.45, 7) is 8.51. The summed E-state index contributed by atoms with van der Waals surface area (Å²) < 4.78 is 2.12. The maximum absolute atomic E-state index is 4.46. The third kappa shape index (κ3) is 3.48. The van der Waals surface area contributed by atoms with Crippen LogP contribution >= 0.6 is 0 Å². The lowest BCUT2D eigenvalue weighted by atomic mass is 10.0. The summed E-state index contributed by atoms with van der Waals surface area (Å²) in [6, 6.07) is 11.1. The van der Waals surface area contributed by atoms with Gasteiger partial charge in [0.15, 0.2) is 0 Å². The Morgan fingerprint density at radius 2 is 2.05 bits per heavy atom. The minimum atomic E-state index is 0.226. The molecule has 1 unspecified atom stereocenters. The highest BCUT2D eigenvalue weighted by molar-refractivity contribution is 5.31. The van der Waals surface area contributed by atoms with Crippen LogP contribution in [-0.4, -0.2) is 16.3 Å². The Kier molecular flexibility index (Phi) is 5.36. The fourth-order valence-corrected chi connectivity index (χ4v) is 2.52. The molecule has 0 radical (unpaired) electrons. The van der Waals surface area contributed by atoms with Crippen LogP contribution in [0.4, 0.5) is 0 Å². The van der Waals surface area contributed by atoms with Crippen molar-refractivity contribution in [1.29, 1.82) is 0 Å². The predicted octanol–water partition coefficient (Wildman–Crippen LogP) is 3.69. The Balaban J connectivity index is 2.33. The van der Waals surface area contributed by atoms with Crippen LogP contribution in [0, 0.1) is 6.92 Å². The van der Waals surface area contributed by atoms with Gasteiger partial charge in [-0.2, -0.15) is 5.10 Å². The molecule has 0 fully saturated rings. The van der Waals surface area contributed by atoms with E-state index in [2.05, 4.69) is 66.2 Å². The van der Waals surface area contributed by atoms with E-state index in [1.165, 1.54) is 16.8 Å². The molecule has 3 heteroatoms. The van der Waals surface area contributed by atoms with Crippen molar-refractivity contribution >= 4 is 0 Å². The molecule has 20 heavy (non-hydrogen) atoms. The molecule has 1 aromatic heterocycles. The fraction of sp³-hybridized carbons (Fsp3) is 0.471. The molecule has 0 aliphatic carbocycles. The Morgan fingerprint density at radius 3 is 2.75 bits per heavy atom. The van der Waals surface area contributed by atoms with Gasteiger partial charge in [-0.1, -0.05) is 43.7 Å². The maximum Gasteiger partial charge on any atom is 0.0748 e. The van der Waals surface area contributed by atoms with Crippen LogP contribution in [0.1, 0.15) is 49.6 Å². The number of rotatable bonds is 7. The molecular weight excluding hydrogens is 246 g/mol. The van der Waals surface area contributed by atoms with Gasteiger partial charge in [0.25, 0.3) is 0 Å². The van der Waals surface area contributed by atoms with Crippen LogP contribution in [0.3, 0.4) is 0 Å². The van der Waals surface area contributed by atoms with Crippen LogP contribution in [0.5, 0.6) is 0 Å². The molecule has 1 heterocycles. The monoisotopic (exact) mass is 271 g/mol. The van der Waals surface area contributed by atoms with Gasteiger partial charge in [-0.15, -0.1) is 0 Å². The van der Waals surface area contributed by atoms with Crippen molar-refractivity contribution in [3.8, 4) is 0 Å². The highest BCUT2D eigenvalue weighted by Crippen LogP contribution is 2.23. The lowest BCUT2D eigenvalue weighted by Crippen LogP contribution is -2.26. The maximum atomic E-state index is 4.46. The molecule has 0 spiro atoms. The number of hydrogen-bond acceptors (Lipinski definition) is 2. The SMILES string of the molecule is CCCNC(c1cccc(C)c1)c1ccnn1CCC. The first-order chi connectivity index (χ1) is 9.76. The van der Waals surface area contributed by atoms with Gasteiger partial charge in [-0.3, -0.25) is 4.68 Å². The second-order valence-corrected chi connectivity index (χ2v) is 5.28. The molecule has 3 nitrogen and oxygen atoms in total. The highest BCUT2D eigenvalue weighted by Gasteiger charge is 2.17. The molecule has 1 atom stereocenters. The summed E-state index contributed by atoms with van der Waals surface area (Å²) in [5, 5.41) is 8.11. The molecule has 0 aliphatic heterocycles. The van der Waals surface area contributed by atoms with Crippen molar-refractivity contribution in [2.45, 2.75) is 46.2 Å². The normalized spacial score (nSPS) is 12.6. The van der Waals surface area contributed by atoms with E-state index in [-0.39, 0.29) is 6.04 Å². The summed E-state index contributed by atoms with van der Waals surface area (Å²) in [7, 11) is 0. The standard InChI is InChI=1S/C17H25N3/c1-4-10-18-17(15-8-6-7-14(3)13-15)16-9-11-19-20(16)12-5-2/h6-9,11,13,17-18H,4-5,10,12H2,1-3H3. The van der Waals surface area contributed by atoms with E-state index in [9.17, 15) is 0 Å². The third-order valence-corrected chi connectivity index (χ3v) is 3.45. The summed E-state index contributed by atoms with van der Waals surface area (Å²) in [5.41, 5.74) is 3.87. The Labute approximate surface area is 122 Å². The molecule has 0 saturated carbocycles. The first-order valence-electron chi connectivity index (χ1n) is 7.58. The van der Waals surface area contributed by atoms with Crippen molar-refractivity contribution in [2.24, 2.45) is 0 Å². The molecular formula is C17H25N3. The number of nitrogens with one attached hydrogen (secondary N) is 1. The molecule has 1 N–H and O–H groups in total. The molecule has 108 valence electrons. The van der Waals surface area contributed by atoms with Gasteiger partial charge < -0.3 is 5.32 Å². The van der Waals surface area contributed by atoms with E-state index in [0.29, 0.717) is 0 Å². The first kappa shape index (κ1) is 14.8. The average molecular weight is 271 g/mol. The van der Waals surface area contributed by atoms with Gasteiger partial charge in [0.05, 0.1) is 11.7 Å². The van der Waals surface area contributed by atoms with Gasteiger partial charge in [0, 0.05) is 12.7 Å². The third-order valence-electron chi connectivity index (χ3n) is 3.45. The first-order valence-corrected chi connectivity index (χ1v) is 7.58. The van der Waals surface area contributed by atoms with Crippen LogP contribution in [0.25, 0.3) is 0 Å². The second kappa shape index (κ2) is 7.25. The Hall–Kier alpha value is -1.61. The van der Waals surface area contributed by atoms with Gasteiger partial charge in [-0.05, 0) is 37.9 Å². The Bertz CT molecular complexity index is 531. The van der Waals surface area contributed by atoms with Gasteiger partial charge in [0.2, 0.25) is 0 Å². The number of nitrogens with zero attached hydrogens (tertiary/aromatic N) is 2. The zero-order valence-electron chi connectivity index (χ0n) is 12.8. The average Bonchev–Trinajstić information content (AvgIpc) is 2.88. The largest absolute Gasteiger partial charge is 0.305 e. The lowest BCUT2D eigenvalue weighted by molar-refractivity contribution is 0.511. The van der Waals surface area contributed by atoms with Crippen LogP contribution < -0.4 is 5.32 Å². The molecule has 2 aromatic rings. The zero-order valence-corrected chi connectivity index (χ0v) is 12.8. The molecule has 1 aromatic carbocycles. The van der Waals surface area contributed by atoms with E-state index < -0.39 is 0 Å². The molecule has 0 aliphatic rings. The summed E-state index contributed by atoms with van der Waals surface area (Å²) >= 11 is 0. The van der Waals surface area contributed by atoms with Crippen molar-refractivity contribution in [1.82, 2.24) is 15.1 Å². The van der Waals surface area contributed by atoms with Crippen LogP contribution in [0.15, 0.2) is 36.5 Å². The second-order valence-electron chi connectivity index (χ2n) is 5.28. The van der Waals surface area contributed by atoms with E-state index in [1.807, 2.05) is 6.20 Å². The lowest BCUT2D eigenvalue weighted by Gasteiger charge is -2.21. The van der Waals surface area contributed by atoms with Gasteiger partial charge in [0.1, 0.15) is 0 Å². The fourth-order valence-electron chi connectivity index (χ4n) is 2.52. The minimum absolute atomic E-state index is 0.226. The van der Waals surface area contributed by atoms with Crippen LogP contribution in [0.2, 0.25) is 0 Å². The number of aryl methyl sites for hydroxylation is 2. The Morgan fingerprint density at radius 1 is 1.20 bits per heavy atom. The summed E-state index contributed by atoms with van der Waals surface area (Å²) in [5.74, 6) is 0. The summed E-state index contributed by atoms with van der Waals surface area (Å²) in [4.78, 5) is 0. The zero-order chi connectivity index (χ0) is 14.4. The van der Waals surface area contributed by atoms with Crippen LogP contribution in [-0.2, 0) is 6.54 Å². The minimum Gasteiger partial charge on any atom is -0.305 e. The smallest absolute Gasteiger partial charge is 0.0748 e. The summed E-state index contributed by atoms with van der Waals surface area (Å²) in [6.07, 6.45) is 4.13.